The molecule has 0 N–H and O–H groups in total. The Morgan fingerprint density at radius 3 is 3.19 bits per heavy atom. The van der Waals surface area contributed by atoms with Crippen LogP contribution in [-0.4, -0.2) is 48.4 Å². The molecule has 1 aromatic rings. The number of aromatic nitrogens is 1. The number of nitrogens with zero attached hydrogens (tertiary/aromatic N) is 2. The first-order valence-electron chi connectivity index (χ1n) is 7.82. The van der Waals surface area contributed by atoms with Crippen LogP contribution in [0.3, 0.4) is 0 Å². The average Bonchev–Trinajstić information content (AvgIpc) is 2.93. The van der Waals surface area contributed by atoms with Crippen LogP contribution in [0, 0.1) is 5.92 Å². The van der Waals surface area contributed by atoms with Crippen molar-refractivity contribution in [2.75, 3.05) is 26.4 Å². The molecule has 0 unspecified atom stereocenters. The fourth-order valence-electron chi connectivity index (χ4n) is 3.51. The van der Waals surface area contributed by atoms with Gasteiger partial charge in [0.15, 0.2) is 0 Å². The van der Waals surface area contributed by atoms with Crippen LogP contribution in [0.25, 0.3) is 0 Å². The Morgan fingerprint density at radius 1 is 1.43 bits per heavy atom. The summed E-state index contributed by atoms with van der Waals surface area (Å²) in [5.41, 5.74) is 1.14. The van der Waals surface area contributed by atoms with Crippen LogP contribution in [-0.2, 0) is 16.0 Å². The largest absolute Gasteiger partial charge is 0.377 e. The normalized spacial score (nSPS) is 29.2. The van der Waals surface area contributed by atoms with E-state index < -0.39 is 0 Å². The second-order valence-electron chi connectivity index (χ2n) is 5.86. The van der Waals surface area contributed by atoms with Crippen molar-refractivity contribution in [2.24, 2.45) is 5.92 Å². The van der Waals surface area contributed by atoms with Crippen LogP contribution in [0.5, 0.6) is 0 Å². The Bertz CT molecular complexity index is 451. The van der Waals surface area contributed by atoms with Crippen LogP contribution < -0.4 is 0 Å². The van der Waals surface area contributed by atoms with Crippen molar-refractivity contribution >= 4 is 0 Å². The summed E-state index contributed by atoms with van der Waals surface area (Å²) in [5, 5.41) is 0. The molecule has 114 valence electrons. The highest BCUT2D eigenvalue weighted by Gasteiger charge is 2.42. The van der Waals surface area contributed by atoms with E-state index in [0.29, 0.717) is 24.7 Å². The number of morpholine rings is 1. The lowest BCUT2D eigenvalue weighted by molar-refractivity contribution is -0.0871. The van der Waals surface area contributed by atoms with E-state index in [1.54, 1.807) is 0 Å². The minimum atomic E-state index is 0.312. The number of rotatable bonds is 6. The Hall–Kier alpha value is -1.23. The van der Waals surface area contributed by atoms with Gasteiger partial charge in [0.05, 0.1) is 31.6 Å². The topological polar surface area (TPSA) is 34.6 Å². The Morgan fingerprint density at radius 2 is 2.38 bits per heavy atom. The highest BCUT2D eigenvalue weighted by molar-refractivity contribution is 5.05. The van der Waals surface area contributed by atoms with Crippen LogP contribution in [0.4, 0.5) is 0 Å². The van der Waals surface area contributed by atoms with Gasteiger partial charge in [-0.25, -0.2) is 0 Å². The summed E-state index contributed by atoms with van der Waals surface area (Å²) in [6.07, 6.45) is 6.37. The van der Waals surface area contributed by atoms with E-state index in [0.717, 1.165) is 32.0 Å². The first kappa shape index (κ1) is 14.7. The van der Waals surface area contributed by atoms with E-state index in [1.807, 2.05) is 18.3 Å². The molecule has 1 aromatic heterocycles. The van der Waals surface area contributed by atoms with Gasteiger partial charge in [-0.2, -0.15) is 0 Å². The predicted molar refractivity (Wildman–Crippen MR) is 81.9 cm³/mol. The maximum atomic E-state index is 6.05. The molecule has 1 aliphatic heterocycles. The third kappa shape index (κ3) is 3.51. The van der Waals surface area contributed by atoms with Gasteiger partial charge in [-0.1, -0.05) is 12.1 Å². The molecule has 4 heteroatoms. The van der Waals surface area contributed by atoms with Crippen molar-refractivity contribution in [3.63, 3.8) is 0 Å². The van der Waals surface area contributed by atoms with Gasteiger partial charge in [0.1, 0.15) is 0 Å². The average molecular weight is 288 g/mol. The van der Waals surface area contributed by atoms with Gasteiger partial charge in [0, 0.05) is 31.2 Å². The minimum Gasteiger partial charge on any atom is -0.377 e. The number of hydrogen-bond acceptors (Lipinski definition) is 4. The fourth-order valence-corrected chi connectivity index (χ4v) is 3.51. The summed E-state index contributed by atoms with van der Waals surface area (Å²) < 4.78 is 11.7. The van der Waals surface area contributed by atoms with E-state index in [-0.39, 0.29) is 0 Å². The first-order valence-corrected chi connectivity index (χ1v) is 7.82. The molecule has 0 aromatic carbocycles. The molecule has 4 nitrogen and oxygen atoms in total. The van der Waals surface area contributed by atoms with E-state index in [1.165, 1.54) is 12.8 Å². The van der Waals surface area contributed by atoms with Crippen LogP contribution in [0.15, 0.2) is 37.1 Å². The fraction of sp³-hybridized carbons (Fsp3) is 0.588. The first-order chi connectivity index (χ1) is 10.4. The molecule has 0 bridgehead atoms. The van der Waals surface area contributed by atoms with Crippen molar-refractivity contribution in [2.45, 2.75) is 31.5 Å². The number of fused-ring (bicyclic) bond motifs is 1. The van der Waals surface area contributed by atoms with E-state index in [4.69, 9.17) is 9.47 Å². The molecule has 21 heavy (non-hydrogen) atoms. The van der Waals surface area contributed by atoms with E-state index in [9.17, 15) is 0 Å². The standard InChI is InChI=1S/C17H24N2O2/c1-2-10-20-13-14-6-7-16-17(14)21-11-9-19(16)12-15-5-3-4-8-18-15/h2-5,8,14,16-17H,1,6-7,9-13H2/t14-,16-,17+/m0/s1. The van der Waals surface area contributed by atoms with Crippen molar-refractivity contribution < 1.29 is 9.47 Å². The third-order valence-electron chi connectivity index (χ3n) is 4.49. The summed E-state index contributed by atoms with van der Waals surface area (Å²) in [5.74, 6) is 0.515. The highest BCUT2D eigenvalue weighted by Crippen LogP contribution is 2.35. The zero-order valence-corrected chi connectivity index (χ0v) is 12.5. The maximum Gasteiger partial charge on any atom is 0.0781 e. The summed E-state index contributed by atoms with van der Waals surface area (Å²) >= 11 is 0. The zero-order valence-electron chi connectivity index (χ0n) is 12.5. The molecule has 1 saturated heterocycles. The van der Waals surface area contributed by atoms with Gasteiger partial charge in [-0.05, 0) is 25.0 Å². The zero-order chi connectivity index (χ0) is 14.5. The minimum absolute atomic E-state index is 0.312. The van der Waals surface area contributed by atoms with Crippen LogP contribution >= 0.6 is 0 Å². The summed E-state index contributed by atoms with van der Waals surface area (Å²) in [7, 11) is 0. The van der Waals surface area contributed by atoms with E-state index in [2.05, 4.69) is 28.6 Å². The Labute approximate surface area is 126 Å². The molecule has 1 saturated carbocycles. The second kappa shape index (κ2) is 7.16. The molecule has 2 fully saturated rings. The molecule has 2 aliphatic rings. The van der Waals surface area contributed by atoms with Gasteiger partial charge in [0.2, 0.25) is 0 Å². The smallest absolute Gasteiger partial charge is 0.0781 e. The molecule has 0 spiro atoms. The van der Waals surface area contributed by atoms with Crippen molar-refractivity contribution in [3.8, 4) is 0 Å². The van der Waals surface area contributed by atoms with Crippen LogP contribution in [0.1, 0.15) is 18.5 Å². The molecular formula is C17H24N2O2. The second-order valence-corrected chi connectivity index (χ2v) is 5.86. The summed E-state index contributed by atoms with van der Waals surface area (Å²) in [6, 6.07) is 6.64. The molecule has 3 rings (SSSR count). The Kier molecular flexibility index (Phi) is 5.01. The third-order valence-corrected chi connectivity index (χ3v) is 4.49. The summed E-state index contributed by atoms with van der Waals surface area (Å²) in [4.78, 5) is 6.98. The van der Waals surface area contributed by atoms with Gasteiger partial charge < -0.3 is 9.47 Å². The van der Waals surface area contributed by atoms with Crippen molar-refractivity contribution in [1.29, 1.82) is 0 Å². The SMILES string of the molecule is C=CCOC[C@@H]1CC[C@H]2[C@@H]1OCCN2Cc1ccccn1. The molecule has 3 atom stereocenters. The lowest BCUT2D eigenvalue weighted by Crippen LogP contribution is -2.50. The maximum absolute atomic E-state index is 6.05. The quantitative estimate of drug-likeness (QED) is 0.594. The van der Waals surface area contributed by atoms with Gasteiger partial charge >= 0.3 is 0 Å². The molecule has 2 heterocycles. The van der Waals surface area contributed by atoms with Crippen molar-refractivity contribution in [1.82, 2.24) is 9.88 Å². The molecule has 0 amide bonds. The Balaban J connectivity index is 1.59. The molecular weight excluding hydrogens is 264 g/mol. The predicted octanol–water partition coefficient (Wildman–Crippen LogP) is 2.26. The molecule has 1 aliphatic carbocycles. The number of ether oxygens (including phenoxy) is 2. The monoisotopic (exact) mass is 288 g/mol. The van der Waals surface area contributed by atoms with Gasteiger partial charge in [-0.3, -0.25) is 9.88 Å². The number of pyridine rings is 1. The lowest BCUT2D eigenvalue weighted by Gasteiger charge is -2.39. The van der Waals surface area contributed by atoms with Crippen molar-refractivity contribution in [3.05, 3.63) is 42.7 Å². The highest BCUT2D eigenvalue weighted by atomic mass is 16.5. The van der Waals surface area contributed by atoms with Crippen LogP contribution in [0.2, 0.25) is 0 Å². The summed E-state index contributed by atoms with van der Waals surface area (Å²) in [6.45, 7) is 7.84. The number of hydrogen-bond donors (Lipinski definition) is 0. The lowest BCUT2D eigenvalue weighted by atomic mass is 10.0. The van der Waals surface area contributed by atoms with Gasteiger partial charge in [-0.15, -0.1) is 6.58 Å². The van der Waals surface area contributed by atoms with Gasteiger partial charge in [0.25, 0.3) is 0 Å². The molecule has 0 radical (unpaired) electrons. The van der Waals surface area contributed by atoms with E-state index >= 15 is 0 Å².